The molecule has 5 rings (SSSR count). The number of benzene rings is 4. The first-order chi connectivity index (χ1) is 23.8. The molecule has 1 aromatic heterocycles. The van der Waals surface area contributed by atoms with Gasteiger partial charge in [0, 0.05) is 78.8 Å². The normalized spacial score (nSPS) is 11.0. The molecule has 0 bridgehead atoms. The minimum atomic E-state index is -0.346. The SMILES string of the molecule is CCCNC(=O)c1cc(C(=O)NCCN)cc(-c2ccc3oc4ccc(-c5cc(C(=O)NCCN)cc(C(=O)NCCN)c5)cc4c3c2)c1. The number of hydrogen-bond donors (Lipinski definition) is 7. The maximum absolute atomic E-state index is 13.0. The third kappa shape index (κ3) is 8.12. The first-order valence-corrected chi connectivity index (χ1v) is 16.3. The highest BCUT2D eigenvalue weighted by Gasteiger charge is 2.18. The van der Waals surface area contributed by atoms with Gasteiger partial charge in [0.1, 0.15) is 11.2 Å². The standard InChI is InChI=1S/C37H41N7O5/c1-2-10-41-34(45)26-14-24(15-27(18-26)35(46)42-11-7-38)22-3-5-32-30(20-22)31-21-23(4-6-33(31)49-32)25-16-28(36(47)43-12-8-39)19-29(17-25)37(48)44-13-9-40/h3-6,14-21H,2,7-13,38-40H2,1H3,(H,41,45)(H,42,46)(H,43,47)(H,44,48). The number of nitrogens with two attached hydrogens (primary N) is 3. The number of furan rings is 1. The van der Waals surface area contributed by atoms with Gasteiger partial charge in [0.25, 0.3) is 23.6 Å². The third-order valence-corrected chi connectivity index (χ3v) is 7.88. The number of carbonyl (C=O) groups excluding carboxylic acids is 4. The van der Waals surface area contributed by atoms with Gasteiger partial charge in [-0.1, -0.05) is 19.1 Å². The smallest absolute Gasteiger partial charge is 0.251 e. The number of rotatable bonds is 14. The van der Waals surface area contributed by atoms with Gasteiger partial charge in [0.05, 0.1) is 0 Å². The zero-order valence-electron chi connectivity index (χ0n) is 27.4. The molecular weight excluding hydrogens is 622 g/mol. The fraction of sp³-hybridized carbons (Fsp3) is 0.243. The summed E-state index contributed by atoms with van der Waals surface area (Å²) in [5.41, 5.74) is 22.2. The molecule has 49 heavy (non-hydrogen) atoms. The fourth-order valence-electron chi connectivity index (χ4n) is 5.45. The topological polar surface area (TPSA) is 208 Å². The molecule has 0 aliphatic carbocycles. The van der Waals surface area contributed by atoms with Crippen LogP contribution < -0.4 is 38.5 Å². The molecule has 0 aliphatic rings. The van der Waals surface area contributed by atoms with E-state index in [1.165, 1.54) is 0 Å². The summed E-state index contributed by atoms with van der Waals surface area (Å²) >= 11 is 0. The molecule has 0 radical (unpaired) electrons. The second-order valence-corrected chi connectivity index (χ2v) is 11.5. The van der Waals surface area contributed by atoms with Crippen LogP contribution in [0.2, 0.25) is 0 Å². The Hall–Kier alpha value is -5.56. The van der Waals surface area contributed by atoms with Gasteiger partial charge >= 0.3 is 0 Å². The van der Waals surface area contributed by atoms with Crippen LogP contribution in [-0.4, -0.2) is 69.4 Å². The summed E-state index contributed by atoms with van der Waals surface area (Å²) in [5.74, 6) is -1.29. The molecule has 4 amide bonds. The van der Waals surface area contributed by atoms with Gasteiger partial charge in [-0.3, -0.25) is 19.2 Å². The number of carbonyl (C=O) groups is 4. The van der Waals surface area contributed by atoms with Gasteiger partial charge in [0.2, 0.25) is 0 Å². The summed E-state index contributed by atoms with van der Waals surface area (Å²) < 4.78 is 6.17. The molecule has 0 saturated heterocycles. The van der Waals surface area contributed by atoms with Crippen molar-refractivity contribution in [3.63, 3.8) is 0 Å². The van der Waals surface area contributed by atoms with Crippen LogP contribution in [0.25, 0.3) is 44.2 Å². The maximum Gasteiger partial charge on any atom is 0.251 e. The van der Waals surface area contributed by atoms with Crippen molar-refractivity contribution in [1.29, 1.82) is 0 Å². The number of fused-ring (bicyclic) bond motifs is 3. The predicted molar refractivity (Wildman–Crippen MR) is 191 cm³/mol. The van der Waals surface area contributed by atoms with Gasteiger partial charge in [-0.2, -0.15) is 0 Å². The maximum atomic E-state index is 13.0. The second kappa shape index (κ2) is 16.0. The lowest BCUT2D eigenvalue weighted by Gasteiger charge is -2.11. The minimum absolute atomic E-state index is 0.272. The molecule has 12 heteroatoms. The Kier molecular flexibility index (Phi) is 11.4. The zero-order valence-corrected chi connectivity index (χ0v) is 27.4. The van der Waals surface area contributed by atoms with Gasteiger partial charge in [-0.05, 0) is 89.3 Å². The number of nitrogens with one attached hydrogen (secondary N) is 4. The van der Waals surface area contributed by atoms with Gasteiger partial charge in [-0.15, -0.1) is 0 Å². The molecule has 0 aliphatic heterocycles. The number of hydrogen-bond acceptors (Lipinski definition) is 8. The van der Waals surface area contributed by atoms with Crippen molar-refractivity contribution in [1.82, 2.24) is 21.3 Å². The molecule has 0 unspecified atom stereocenters. The summed E-state index contributed by atoms with van der Waals surface area (Å²) in [6.07, 6.45) is 0.774. The molecule has 0 spiro atoms. The van der Waals surface area contributed by atoms with Gasteiger partial charge in [-0.25, -0.2) is 0 Å². The molecule has 4 aromatic carbocycles. The van der Waals surface area contributed by atoms with Crippen LogP contribution in [0.15, 0.2) is 77.2 Å². The molecule has 5 aromatic rings. The van der Waals surface area contributed by atoms with Gasteiger partial charge < -0.3 is 42.9 Å². The Bertz CT molecular complexity index is 1800. The Labute approximate surface area is 283 Å². The van der Waals surface area contributed by atoms with Crippen molar-refractivity contribution in [3.05, 3.63) is 95.1 Å². The van der Waals surface area contributed by atoms with Crippen molar-refractivity contribution in [2.75, 3.05) is 45.8 Å². The van der Waals surface area contributed by atoms with E-state index in [-0.39, 0.29) is 43.3 Å². The largest absolute Gasteiger partial charge is 0.456 e. The van der Waals surface area contributed by atoms with E-state index in [1.807, 2.05) is 43.3 Å². The highest BCUT2D eigenvalue weighted by Crippen LogP contribution is 2.36. The summed E-state index contributed by atoms with van der Waals surface area (Å²) in [6.45, 7) is 4.20. The zero-order chi connectivity index (χ0) is 34.9. The van der Waals surface area contributed by atoms with E-state index < -0.39 is 0 Å². The van der Waals surface area contributed by atoms with Crippen LogP contribution in [-0.2, 0) is 0 Å². The van der Waals surface area contributed by atoms with Crippen molar-refractivity contribution < 1.29 is 23.6 Å². The van der Waals surface area contributed by atoms with Crippen molar-refractivity contribution in [2.45, 2.75) is 13.3 Å². The van der Waals surface area contributed by atoms with Crippen LogP contribution in [0.1, 0.15) is 54.8 Å². The fourth-order valence-corrected chi connectivity index (χ4v) is 5.45. The van der Waals surface area contributed by atoms with E-state index in [4.69, 9.17) is 21.6 Å². The van der Waals surface area contributed by atoms with Crippen molar-refractivity contribution >= 4 is 45.6 Å². The van der Waals surface area contributed by atoms with E-state index in [0.717, 1.165) is 28.3 Å². The van der Waals surface area contributed by atoms with E-state index in [0.29, 0.717) is 70.7 Å². The minimum Gasteiger partial charge on any atom is -0.456 e. The second-order valence-electron chi connectivity index (χ2n) is 11.5. The van der Waals surface area contributed by atoms with E-state index in [1.54, 1.807) is 36.4 Å². The molecule has 0 fully saturated rings. The van der Waals surface area contributed by atoms with Crippen LogP contribution >= 0.6 is 0 Å². The highest BCUT2D eigenvalue weighted by atomic mass is 16.3. The molecule has 0 saturated carbocycles. The van der Waals surface area contributed by atoms with Crippen molar-refractivity contribution in [2.24, 2.45) is 17.2 Å². The molecular formula is C37H41N7O5. The monoisotopic (exact) mass is 663 g/mol. The Balaban J connectivity index is 1.60. The number of amides is 4. The average Bonchev–Trinajstić information content (AvgIpc) is 3.50. The molecule has 10 N–H and O–H groups in total. The third-order valence-electron chi connectivity index (χ3n) is 7.88. The summed E-state index contributed by atoms with van der Waals surface area (Å²) in [5, 5.41) is 12.8. The quantitative estimate of drug-likeness (QED) is 0.0937. The Morgan fingerprint density at radius 1 is 0.490 bits per heavy atom. The Morgan fingerprint density at radius 2 is 0.837 bits per heavy atom. The molecule has 254 valence electrons. The summed E-state index contributed by atoms with van der Waals surface area (Å²) in [6, 6.07) is 21.4. The van der Waals surface area contributed by atoms with Crippen LogP contribution in [0, 0.1) is 0 Å². The first-order valence-electron chi connectivity index (χ1n) is 16.3. The van der Waals surface area contributed by atoms with E-state index >= 15 is 0 Å². The van der Waals surface area contributed by atoms with E-state index in [9.17, 15) is 19.2 Å². The van der Waals surface area contributed by atoms with Crippen LogP contribution in [0.5, 0.6) is 0 Å². The van der Waals surface area contributed by atoms with Crippen LogP contribution in [0.4, 0.5) is 0 Å². The van der Waals surface area contributed by atoms with E-state index in [2.05, 4.69) is 21.3 Å². The lowest BCUT2D eigenvalue weighted by molar-refractivity contribution is 0.0939. The molecule has 12 nitrogen and oxygen atoms in total. The molecule has 0 atom stereocenters. The predicted octanol–water partition coefficient (Wildman–Crippen LogP) is 3.13. The molecule has 1 heterocycles. The summed E-state index contributed by atoms with van der Waals surface area (Å²) in [7, 11) is 0. The lowest BCUT2D eigenvalue weighted by Crippen LogP contribution is -2.31. The van der Waals surface area contributed by atoms with Crippen molar-refractivity contribution in [3.8, 4) is 22.3 Å². The van der Waals surface area contributed by atoms with Gasteiger partial charge in [0.15, 0.2) is 0 Å². The lowest BCUT2D eigenvalue weighted by atomic mass is 9.96. The highest BCUT2D eigenvalue weighted by molar-refractivity contribution is 6.09. The Morgan fingerprint density at radius 3 is 1.16 bits per heavy atom. The average molecular weight is 664 g/mol. The van der Waals surface area contributed by atoms with Crippen LogP contribution in [0.3, 0.4) is 0 Å². The summed E-state index contributed by atoms with van der Waals surface area (Å²) in [4.78, 5) is 51.8. The first kappa shape index (κ1) is 34.8.